The molecule has 9 heteroatoms. The van der Waals surface area contributed by atoms with Crippen LogP contribution in [0.15, 0.2) is 60.7 Å². The van der Waals surface area contributed by atoms with Gasteiger partial charge in [0, 0.05) is 0 Å². The fraction of sp³-hybridized carbons (Fsp3) is 0.278. The van der Waals surface area contributed by atoms with Gasteiger partial charge in [-0.2, -0.15) is 21.6 Å². The highest BCUT2D eigenvalue weighted by Gasteiger charge is 2.49. The van der Waals surface area contributed by atoms with Gasteiger partial charge in [-0.15, -0.1) is 0 Å². The van der Waals surface area contributed by atoms with Gasteiger partial charge in [0.15, 0.2) is 6.10 Å². The van der Waals surface area contributed by atoms with Gasteiger partial charge in [0.1, 0.15) is 6.61 Å². The van der Waals surface area contributed by atoms with E-state index in [2.05, 4.69) is 4.18 Å². The largest absolute Gasteiger partial charge is 0.523 e. The van der Waals surface area contributed by atoms with Crippen LogP contribution in [-0.4, -0.2) is 26.0 Å². The predicted molar refractivity (Wildman–Crippen MR) is 90.8 cm³/mol. The number of aryl methyl sites for hydroxylation is 1. The molecule has 0 N–H and O–H groups in total. The van der Waals surface area contributed by atoms with Crippen molar-refractivity contribution in [3.63, 3.8) is 0 Å². The Hall–Kier alpha value is -2.39. The fourth-order valence-electron chi connectivity index (χ4n) is 2.18. The summed E-state index contributed by atoms with van der Waals surface area (Å²) in [5.41, 5.74) is -4.31. The summed E-state index contributed by atoms with van der Waals surface area (Å²) in [6.07, 6.45) is -2.05. The minimum atomic E-state index is -5.93. The molecule has 0 radical (unpaired) electrons. The molecule has 2 aromatic carbocycles. The van der Waals surface area contributed by atoms with Crippen LogP contribution in [0.25, 0.3) is 0 Å². The number of benzene rings is 2. The number of carbonyl (C=O) groups excluding carboxylic acids is 1. The second kappa shape index (κ2) is 9.01. The van der Waals surface area contributed by atoms with Crippen LogP contribution in [0.2, 0.25) is 0 Å². The molecule has 5 nitrogen and oxygen atoms in total. The van der Waals surface area contributed by atoms with E-state index in [1.54, 1.807) is 60.7 Å². The Morgan fingerprint density at radius 3 is 1.96 bits per heavy atom. The van der Waals surface area contributed by atoms with Crippen molar-refractivity contribution in [1.29, 1.82) is 0 Å². The lowest BCUT2D eigenvalue weighted by Crippen LogP contribution is -2.35. The van der Waals surface area contributed by atoms with E-state index in [-0.39, 0.29) is 19.4 Å². The van der Waals surface area contributed by atoms with Gasteiger partial charge in [-0.3, -0.25) is 0 Å². The molecule has 0 unspecified atom stereocenters. The first kappa shape index (κ1) is 20.9. The Morgan fingerprint density at radius 2 is 1.44 bits per heavy atom. The average molecular weight is 402 g/mol. The van der Waals surface area contributed by atoms with E-state index in [1.807, 2.05) is 0 Å². The summed E-state index contributed by atoms with van der Waals surface area (Å²) in [4.78, 5) is 12.2. The zero-order valence-electron chi connectivity index (χ0n) is 14.1. The van der Waals surface area contributed by atoms with Gasteiger partial charge in [-0.05, 0) is 24.0 Å². The third kappa shape index (κ3) is 6.37. The summed E-state index contributed by atoms with van der Waals surface area (Å²) in [6.45, 7) is -0.211. The third-order valence-electron chi connectivity index (χ3n) is 3.55. The van der Waals surface area contributed by atoms with Crippen molar-refractivity contribution in [3.8, 4) is 0 Å². The molecule has 146 valence electrons. The standard InChI is InChI=1S/C18H17F3O5S/c19-18(20,21)27(23,24)26-16(12-11-14-7-3-1-4-8-14)17(22)25-13-15-9-5-2-6-10-15/h1-10,16H,11-13H2/t16-/m0/s1. The molecule has 0 saturated carbocycles. The molecule has 0 aliphatic rings. The topological polar surface area (TPSA) is 69.7 Å². The number of alkyl halides is 3. The molecule has 2 rings (SSSR count). The van der Waals surface area contributed by atoms with Crippen LogP contribution in [0.4, 0.5) is 13.2 Å². The SMILES string of the molecule is O=C(OCc1ccccc1)[C@H](CCc1ccccc1)OS(=O)(=O)C(F)(F)F. The third-order valence-corrected chi connectivity index (χ3v) is 4.60. The summed E-state index contributed by atoms with van der Waals surface area (Å²) in [6, 6.07) is 17.0. The highest BCUT2D eigenvalue weighted by molar-refractivity contribution is 7.87. The molecular weight excluding hydrogens is 385 g/mol. The number of esters is 1. The summed E-state index contributed by atoms with van der Waals surface area (Å²) in [5.74, 6) is -1.18. The van der Waals surface area contributed by atoms with E-state index >= 15 is 0 Å². The number of hydrogen-bond donors (Lipinski definition) is 0. The first-order valence-electron chi connectivity index (χ1n) is 7.93. The van der Waals surface area contributed by atoms with Crippen LogP contribution >= 0.6 is 0 Å². The molecule has 0 aliphatic heterocycles. The molecule has 0 fully saturated rings. The summed E-state index contributed by atoms with van der Waals surface area (Å²) in [5, 5.41) is 0. The summed E-state index contributed by atoms with van der Waals surface area (Å²) >= 11 is 0. The van der Waals surface area contributed by atoms with Crippen molar-refractivity contribution in [2.75, 3.05) is 0 Å². The molecule has 0 heterocycles. The normalized spacial score (nSPS) is 13.1. The maximum absolute atomic E-state index is 12.6. The van der Waals surface area contributed by atoms with Crippen LogP contribution in [0.1, 0.15) is 17.5 Å². The number of hydrogen-bond acceptors (Lipinski definition) is 5. The van der Waals surface area contributed by atoms with Crippen LogP contribution in [0.5, 0.6) is 0 Å². The second-order valence-electron chi connectivity index (χ2n) is 5.60. The quantitative estimate of drug-likeness (QED) is 0.383. The minimum absolute atomic E-state index is 0.138. The van der Waals surface area contributed by atoms with Crippen molar-refractivity contribution < 1.29 is 35.3 Å². The maximum atomic E-state index is 12.6. The first-order valence-corrected chi connectivity index (χ1v) is 9.34. The Labute approximate surface area is 154 Å². The van der Waals surface area contributed by atoms with Gasteiger partial charge in [0.25, 0.3) is 0 Å². The maximum Gasteiger partial charge on any atom is 0.523 e. The van der Waals surface area contributed by atoms with E-state index in [9.17, 15) is 26.4 Å². The molecule has 27 heavy (non-hydrogen) atoms. The number of halogens is 3. The van der Waals surface area contributed by atoms with E-state index < -0.39 is 27.7 Å². The molecule has 0 spiro atoms. The van der Waals surface area contributed by atoms with Crippen molar-refractivity contribution in [2.45, 2.75) is 31.1 Å². The van der Waals surface area contributed by atoms with E-state index in [0.29, 0.717) is 11.1 Å². The molecule has 0 aromatic heterocycles. The first-order chi connectivity index (χ1) is 12.7. The lowest BCUT2D eigenvalue weighted by Gasteiger charge is -2.17. The van der Waals surface area contributed by atoms with Crippen LogP contribution in [0, 0.1) is 0 Å². The van der Waals surface area contributed by atoms with Crippen molar-refractivity contribution >= 4 is 16.1 Å². The Bertz CT molecular complexity index is 836. The molecule has 0 bridgehead atoms. The van der Waals surface area contributed by atoms with Crippen molar-refractivity contribution in [1.82, 2.24) is 0 Å². The Morgan fingerprint density at radius 1 is 0.926 bits per heavy atom. The highest BCUT2D eigenvalue weighted by Crippen LogP contribution is 2.27. The zero-order valence-corrected chi connectivity index (χ0v) is 14.9. The van der Waals surface area contributed by atoms with E-state index in [1.165, 1.54) is 0 Å². The lowest BCUT2D eigenvalue weighted by molar-refractivity contribution is -0.154. The van der Waals surface area contributed by atoms with E-state index in [4.69, 9.17) is 4.74 Å². The molecule has 0 saturated heterocycles. The van der Waals surface area contributed by atoms with Gasteiger partial charge in [0.05, 0.1) is 0 Å². The van der Waals surface area contributed by atoms with Crippen molar-refractivity contribution in [2.24, 2.45) is 0 Å². The monoisotopic (exact) mass is 402 g/mol. The Kier molecular flexibility index (Phi) is 6.98. The lowest BCUT2D eigenvalue weighted by atomic mass is 10.1. The molecule has 1 atom stereocenters. The number of rotatable bonds is 8. The Balaban J connectivity index is 2.08. The molecular formula is C18H17F3O5S. The number of carbonyl (C=O) groups is 1. The summed E-state index contributed by atoms with van der Waals surface area (Å²) < 4.78 is 69.5. The van der Waals surface area contributed by atoms with Gasteiger partial charge in [-0.25, -0.2) is 8.98 Å². The van der Waals surface area contributed by atoms with Gasteiger partial charge in [0.2, 0.25) is 0 Å². The molecule has 0 amide bonds. The molecule has 0 aliphatic carbocycles. The smallest absolute Gasteiger partial charge is 0.459 e. The average Bonchev–Trinajstić information content (AvgIpc) is 2.64. The van der Waals surface area contributed by atoms with E-state index in [0.717, 1.165) is 0 Å². The highest BCUT2D eigenvalue weighted by atomic mass is 32.2. The molecule has 2 aromatic rings. The van der Waals surface area contributed by atoms with Crippen LogP contribution < -0.4 is 0 Å². The summed E-state index contributed by atoms with van der Waals surface area (Å²) in [7, 11) is -5.93. The van der Waals surface area contributed by atoms with Gasteiger partial charge in [-0.1, -0.05) is 60.7 Å². The van der Waals surface area contributed by atoms with Crippen LogP contribution in [0.3, 0.4) is 0 Å². The number of ether oxygens (including phenoxy) is 1. The second-order valence-corrected chi connectivity index (χ2v) is 7.17. The minimum Gasteiger partial charge on any atom is -0.459 e. The fourth-order valence-corrected chi connectivity index (χ4v) is 2.77. The van der Waals surface area contributed by atoms with Crippen molar-refractivity contribution in [3.05, 3.63) is 71.8 Å². The van der Waals surface area contributed by atoms with Gasteiger partial charge < -0.3 is 4.74 Å². The van der Waals surface area contributed by atoms with Crippen LogP contribution in [-0.2, 0) is 36.9 Å². The van der Waals surface area contributed by atoms with Gasteiger partial charge >= 0.3 is 21.6 Å². The predicted octanol–water partition coefficient (Wildman–Crippen LogP) is 3.60. The zero-order chi connectivity index (χ0) is 19.9.